The van der Waals surface area contributed by atoms with Gasteiger partial charge in [0.15, 0.2) is 0 Å². The monoisotopic (exact) mass is 114 g/mol. The molecule has 1 aliphatic carbocycles. The summed E-state index contributed by atoms with van der Waals surface area (Å²) in [4.78, 5) is 10.5. The van der Waals surface area contributed by atoms with Crippen LogP contribution in [0.3, 0.4) is 0 Å². The molecule has 0 aromatic heterocycles. The Balaban J connectivity index is 2.28. The maximum Gasteiger partial charge on any atom is 0.237 e. The molecule has 1 fully saturated rings. The zero-order valence-electron chi connectivity index (χ0n) is 4.85. The van der Waals surface area contributed by atoms with Gasteiger partial charge < -0.3 is 0 Å². The maximum absolute atomic E-state index is 10.5. The molecule has 8 heavy (non-hydrogen) atoms. The van der Waals surface area contributed by atoms with Crippen LogP contribution < -0.4 is 11.3 Å². The molecule has 0 aromatic rings. The van der Waals surface area contributed by atoms with E-state index in [1.165, 1.54) is 0 Å². The topological polar surface area (TPSA) is 55.1 Å². The third kappa shape index (κ3) is 0.816. The smallest absolute Gasteiger partial charge is 0.237 e. The van der Waals surface area contributed by atoms with Crippen LogP contribution in [0, 0.1) is 11.8 Å². The highest BCUT2D eigenvalue weighted by Crippen LogP contribution is 2.37. The van der Waals surface area contributed by atoms with E-state index >= 15 is 0 Å². The lowest BCUT2D eigenvalue weighted by atomic mass is 10.3. The van der Waals surface area contributed by atoms with Crippen LogP contribution in [0.5, 0.6) is 0 Å². The van der Waals surface area contributed by atoms with E-state index in [1.54, 1.807) is 0 Å². The van der Waals surface area contributed by atoms with E-state index in [0.29, 0.717) is 5.92 Å². The lowest BCUT2D eigenvalue weighted by molar-refractivity contribution is -0.122. The normalized spacial score (nSPS) is 34.2. The number of carbonyl (C=O) groups is 1. The zero-order valence-corrected chi connectivity index (χ0v) is 4.85. The van der Waals surface area contributed by atoms with Gasteiger partial charge in [-0.05, 0) is 12.3 Å². The SMILES string of the molecule is CC1CC1C(=O)NN. The molecule has 0 radical (unpaired) electrons. The van der Waals surface area contributed by atoms with Crippen molar-refractivity contribution in [2.45, 2.75) is 13.3 Å². The van der Waals surface area contributed by atoms with Crippen molar-refractivity contribution in [2.24, 2.45) is 17.7 Å². The molecule has 2 unspecified atom stereocenters. The number of hydrogen-bond acceptors (Lipinski definition) is 2. The summed E-state index contributed by atoms with van der Waals surface area (Å²) in [6.07, 6.45) is 1.00. The summed E-state index contributed by atoms with van der Waals surface area (Å²) in [7, 11) is 0. The quantitative estimate of drug-likeness (QED) is 0.277. The van der Waals surface area contributed by atoms with E-state index in [4.69, 9.17) is 5.84 Å². The highest BCUT2D eigenvalue weighted by Gasteiger charge is 2.38. The molecule has 0 spiro atoms. The first-order chi connectivity index (χ1) is 3.75. The van der Waals surface area contributed by atoms with Gasteiger partial charge in [0, 0.05) is 5.92 Å². The van der Waals surface area contributed by atoms with Gasteiger partial charge in [-0.3, -0.25) is 10.2 Å². The number of hydrogen-bond donors (Lipinski definition) is 2. The fourth-order valence-corrected chi connectivity index (χ4v) is 0.794. The first-order valence-corrected chi connectivity index (χ1v) is 2.76. The average Bonchev–Trinajstić information content (AvgIpc) is 2.45. The third-order valence-corrected chi connectivity index (χ3v) is 1.59. The average molecular weight is 114 g/mol. The molecular formula is C5H10N2O. The van der Waals surface area contributed by atoms with Gasteiger partial charge in [-0.2, -0.15) is 0 Å². The van der Waals surface area contributed by atoms with Gasteiger partial charge in [-0.15, -0.1) is 0 Å². The molecule has 0 aliphatic heterocycles. The Hall–Kier alpha value is -0.570. The molecule has 0 heterocycles. The molecule has 0 bridgehead atoms. The van der Waals surface area contributed by atoms with E-state index < -0.39 is 0 Å². The van der Waals surface area contributed by atoms with Crippen LogP contribution in [0.2, 0.25) is 0 Å². The van der Waals surface area contributed by atoms with Crippen molar-refractivity contribution >= 4 is 5.91 Å². The van der Waals surface area contributed by atoms with E-state index in [1.807, 2.05) is 6.92 Å². The van der Waals surface area contributed by atoms with Crippen LogP contribution in [0.4, 0.5) is 0 Å². The minimum absolute atomic E-state index is 0.0162. The third-order valence-electron chi connectivity index (χ3n) is 1.59. The second-order valence-corrected chi connectivity index (χ2v) is 2.33. The summed E-state index contributed by atoms with van der Waals surface area (Å²) >= 11 is 0. The molecule has 0 aromatic carbocycles. The van der Waals surface area contributed by atoms with Gasteiger partial charge in [-0.1, -0.05) is 6.92 Å². The van der Waals surface area contributed by atoms with Gasteiger partial charge >= 0.3 is 0 Å². The molecule has 3 heteroatoms. The molecule has 0 saturated heterocycles. The molecule has 1 saturated carbocycles. The number of nitrogens with two attached hydrogens (primary N) is 1. The molecule has 1 rings (SSSR count). The summed E-state index contributed by atoms with van der Waals surface area (Å²) in [6.45, 7) is 2.04. The Labute approximate surface area is 48.2 Å². The standard InChI is InChI=1S/C5H10N2O/c1-3-2-4(3)5(8)7-6/h3-4H,2,6H2,1H3,(H,7,8). The van der Waals surface area contributed by atoms with Crippen molar-refractivity contribution in [2.75, 3.05) is 0 Å². The Morgan fingerprint density at radius 3 is 2.50 bits per heavy atom. The van der Waals surface area contributed by atoms with Gasteiger partial charge in [-0.25, -0.2) is 5.84 Å². The largest absolute Gasteiger partial charge is 0.294 e. The number of hydrazine groups is 1. The van der Waals surface area contributed by atoms with Gasteiger partial charge in [0.05, 0.1) is 0 Å². The fourth-order valence-electron chi connectivity index (χ4n) is 0.794. The summed E-state index contributed by atoms with van der Waals surface area (Å²) < 4.78 is 0. The minimum atomic E-state index is -0.0162. The van der Waals surface area contributed by atoms with Crippen LogP contribution in [0.25, 0.3) is 0 Å². The van der Waals surface area contributed by atoms with Crippen molar-refractivity contribution in [3.8, 4) is 0 Å². The highest BCUT2D eigenvalue weighted by atomic mass is 16.2. The Morgan fingerprint density at radius 2 is 2.38 bits per heavy atom. The number of nitrogens with one attached hydrogen (secondary N) is 1. The van der Waals surface area contributed by atoms with Crippen molar-refractivity contribution in [3.05, 3.63) is 0 Å². The van der Waals surface area contributed by atoms with Gasteiger partial charge in [0.2, 0.25) is 5.91 Å². The maximum atomic E-state index is 10.5. The van der Waals surface area contributed by atoms with Gasteiger partial charge in [0.25, 0.3) is 0 Å². The molecule has 46 valence electrons. The van der Waals surface area contributed by atoms with Crippen molar-refractivity contribution < 1.29 is 4.79 Å². The predicted molar refractivity (Wildman–Crippen MR) is 29.6 cm³/mol. The fraction of sp³-hybridized carbons (Fsp3) is 0.800. The molecule has 3 N–H and O–H groups in total. The number of amides is 1. The molecule has 1 aliphatic rings. The highest BCUT2D eigenvalue weighted by molar-refractivity contribution is 5.80. The molecule has 1 amide bonds. The summed E-state index contributed by atoms with van der Waals surface area (Å²) in [5.74, 6) is 5.62. The van der Waals surface area contributed by atoms with Crippen molar-refractivity contribution in [1.82, 2.24) is 5.43 Å². The summed E-state index contributed by atoms with van der Waals surface area (Å²) in [5, 5.41) is 0. The predicted octanol–water partition coefficient (Wildman–Crippen LogP) is -0.368. The summed E-state index contributed by atoms with van der Waals surface area (Å²) in [5.41, 5.74) is 2.12. The van der Waals surface area contributed by atoms with E-state index in [-0.39, 0.29) is 11.8 Å². The van der Waals surface area contributed by atoms with Crippen LogP contribution in [0.1, 0.15) is 13.3 Å². The minimum Gasteiger partial charge on any atom is -0.294 e. The van der Waals surface area contributed by atoms with Crippen LogP contribution in [-0.2, 0) is 4.79 Å². The molecular weight excluding hydrogens is 104 g/mol. The molecule has 2 atom stereocenters. The van der Waals surface area contributed by atoms with Gasteiger partial charge in [0.1, 0.15) is 0 Å². The van der Waals surface area contributed by atoms with E-state index in [0.717, 1.165) is 6.42 Å². The molecule has 3 nitrogen and oxygen atoms in total. The first-order valence-electron chi connectivity index (χ1n) is 2.76. The number of carbonyl (C=O) groups excluding carboxylic acids is 1. The second kappa shape index (κ2) is 1.74. The lowest BCUT2D eigenvalue weighted by Crippen LogP contribution is -2.31. The van der Waals surface area contributed by atoms with Crippen LogP contribution >= 0.6 is 0 Å². The zero-order chi connectivity index (χ0) is 6.15. The Kier molecular flexibility index (Phi) is 1.21. The first kappa shape index (κ1) is 5.56. The van der Waals surface area contributed by atoms with Crippen molar-refractivity contribution in [3.63, 3.8) is 0 Å². The lowest BCUT2D eigenvalue weighted by Gasteiger charge is -1.91. The second-order valence-electron chi connectivity index (χ2n) is 2.33. The Bertz CT molecular complexity index is 113. The van der Waals surface area contributed by atoms with Crippen LogP contribution in [-0.4, -0.2) is 5.91 Å². The van der Waals surface area contributed by atoms with E-state index in [9.17, 15) is 4.79 Å². The van der Waals surface area contributed by atoms with Crippen molar-refractivity contribution in [1.29, 1.82) is 0 Å². The Morgan fingerprint density at radius 1 is 1.88 bits per heavy atom. The number of rotatable bonds is 1. The summed E-state index contributed by atoms with van der Waals surface area (Å²) in [6, 6.07) is 0. The van der Waals surface area contributed by atoms with E-state index in [2.05, 4.69) is 5.43 Å². The van der Waals surface area contributed by atoms with Crippen LogP contribution in [0.15, 0.2) is 0 Å².